The first kappa shape index (κ1) is 26.7. The van der Waals surface area contributed by atoms with Crippen LogP contribution in [0, 0.1) is 23.5 Å². The Kier molecular flexibility index (Phi) is 8.78. The van der Waals surface area contributed by atoms with Crippen molar-refractivity contribution < 1.29 is 18.7 Å². The molecule has 0 bridgehead atoms. The van der Waals surface area contributed by atoms with Crippen molar-refractivity contribution in [3.63, 3.8) is 0 Å². The number of carboxylic acids is 1. The molecule has 1 aromatic heterocycles. The number of aromatic nitrogens is 2. The third kappa shape index (κ3) is 6.51. The lowest BCUT2D eigenvalue weighted by Gasteiger charge is -2.33. The summed E-state index contributed by atoms with van der Waals surface area (Å²) in [6.45, 7) is 9.98. The molecular formula is C28H40F2N4O2. The highest BCUT2D eigenvalue weighted by atomic mass is 19.2. The van der Waals surface area contributed by atoms with Gasteiger partial charge in [0.05, 0.1) is 5.69 Å². The Bertz CT molecular complexity index is 1030. The fourth-order valence-electron chi connectivity index (χ4n) is 5.99. The van der Waals surface area contributed by atoms with Crippen LogP contribution in [0.4, 0.5) is 8.78 Å². The molecule has 1 aromatic carbocycles. The molecule has 1 aliphatic heterocycles. The van der Waals surface area contributed by atoms with Gasteiger partial charge in [-0.25, -0.2) is 8.78 Å². The van der Waals surface area contributed by atoms with Crippen molar-refractivity contribution in [2.24, 2.45) is 11.8 Å². The SMILES string of the molecule is CCn1nc(Cc2ccc(F)c(F)c2)cc1C1CCN(C[C@@H]2CCC(NC(C(=O)O)C(C)C)C2)CC1. The molecule has 2 aliphatic rings. The van der Waals surface area contributed by atoms with Crippen LogP contribution in [-0.4, -0.2) is 57.5 Å². The number of likely N-dealkylation sites (tertiary alicyclic amines) is 1. The lowest BCUT2D eigenvalue weighted by Crippen LogP contribution is -2.45. The summed E-state index contributed by atoms with van der Waals surface area (Å²) in [5.74, 6) is -1.25. The molecule has 0 spiro atoms. The lowest BCUT2D eigenvalue weighted by molar-refractivity contribution is -0.140. The zero-order chi connectivity index (χ0) is 25.8. The second-order valence-corrected chi connectivity index (χ2v) is 11.0. The molecule has 2 fully saturated rings. The Hall–Kier alpha value is -2.32. The van der Waals surface area contributed by atoms with E-state index in [0.29, 0.717) is 24.3 Å². The number of aliphatic carboxylic acids is 1. The van der Waals surface area contributed by atoms with Gasteiger partial charge in [-0.15, -0.1) is 0 Å². The fraction of sp³-hybridized carbons (Fsp3) is 0.643. The monoisotopic (exact) mass is 502 g/mol. The molecule has 4 rings (SSSR count). The highest BCUT2D eigenvalue weighted by Gasteiger charge is 2.32. The van der Waals surface area contributed by atoms with Gasteiger partial charge in [-0.05, 0) is 87.7 Å². The van der Waals surface area contributed by atoms with Gasteiger partial charge in [0.15, 0.2) is 11.6 Å². The largest absolute Gasteiger partial charge is 0.480 e. The van der Waals surface area contributed by atoms with Crippen molar-refractivity contribution in [1.82, 2.24) is 20.0 Å². The van der Waals surface area contributed by atoms with Crippen molar-refractivity contribution in [3.8, 4) is 0 Å². The molecule has 3 atom stereocenters. The molecule has 198 valence electrons. The number of carboxylic acid groups (broad SMARTS) is 1. The smallest absolute Gasteiger partial charge is 0.320 e. The van der Waals surface area contributed by atoms with E-state index in [1.807, 2.05) is 13.8 Å². The predicted molar refractivity (Wildman–Crippen MR) is 136 cm³/mol. The van der Waals surface area contributed by atoms with Gasteiger partial charge in [-0.1, -0.05) is 19.9 Å². The number of carbonyl (C=O) groups is 1. The van der Waals surface area contributed by atoms with E-state index in [0.717, 1.165) is 69.5 Å². The summed E-state index contributed by atoms with van der Waals surface area (Å²) in [6.07, 6.45) is 5.91. The summed E-state index contributed by atoms with van der Waals surface area (Å²) in [5, 5.41) is 17.6. The summed E-state index contributed by atoms with van der Waals surface area (Å²) in [6, 6.07) is 6.02. The van der Waals surface area contributed by atoms with Crippen LogP contribution >= 0.6 is 0 Å². The number of benzene rings is 1. The molecule has 2 aromatic rings. The highest BCUT2D eigenvalue weighted by Crippen LogP contribution is 2.32. The quantitative estimate of drug-likeness (QED) is 0.488. The molecule has 2 unspecified atom stereocenters. The van der Waals surface area contributed by atoms with Crippen LogP contribution in [0.25, 0.3) is 0 Å². The Morgan fingerprint density at radius 2 is 1.89 bits per heavy atom. The molecule has 1 aliphatic carbocycles. The minimum absolute atomic E-state index is 0.0782. The Morgan fingerprint density at radius 1 is 1.14 bits per heavy atom. The third-order valence-electron chi connectivity index (χ3n) is 7.94. The summed E-state index contributed by atoms with van der Waals surface area (Å²) in [5.41, 5.74) is 2.86. The van der Waals surface area contributed by atoms with Gasteiger partial charge in [0.1, 0.15) is 6.04 Å². The van der Waals surface area contributed by atoms with Crippen molar-refractivity contribution in [2.75, 3.05) is 19.6 Å². The molecule has 8 heteroatoms. The molecule has 0 amide bonds. The summed E-state index contributed by atoms with van der Waals surface area (Å²) in [4.78, 5) is 14.1. The van der Waals surface area contributed by atoms with Crippen LogP contribution in [0.5, 0.6) is 0 Å². The van der Waals surface area contributed by atoms with Gasteiger partial charge in [-0.2, -0.15) is 5.10 Å². The van der Waals surface area contributed by atoms with E-state index in [9.17, 15) is 18.7 Å². The molecule has 6 nitrogen and oxygen atoms in total. The summed E-state index contributed by atoms with van der Waals surface area (Å²) < 4.78 is 28.9. The predicted octanol–water partition coefficient (Wildman–Crippen LogP) is 4.82. The average Bonchev–Trinajstić information content (AvgIpc) is 3.46. The maximum absolute atomic E-state index is 13.6. The zero-order valence-corrected chi connectivity index (χ0v) is 21.7. The van der Waals surface area contributed by atoms with E-state index < -0.39 is 23.6 Å². The van der Waals surface area contributed by atoms with Crippen LogP contribution in [0.2, 0.25) is 0 Å². The average molecular weight is 503 g/mol. The van der Waals surface area contributed by atoms with E-state index in [1.54, 1.807) is 6.07 Å². The van der Waals surface area contributed by atoms with Gasteiger partial charge in [0.25, 0.3) is 0 Å². The highest BCUT2D eigenvalue weighted by molar-refractivity contribution is 5.73. The Morgan fingerprint density at radius 3 is 2.53 bits per heavy atom. The number of nitrogens with one attached hydrogen (secondary N) is 1. The summed E-state index contributed by atoms with van der Waals surface area (Å²) >= 11 is 0. The van der Waals surface area contributed by atoms with Crippen LogP contribution in [0.15, 0.2) is 24.3 Å². The van der Waals surface area contributed by atoms with Gasteiger partial charge in [0.2, 0.25) is 0 Å². The maximum Gasteiger partial charge on any atom is 0.320 e. The molecule has 2 N–H and O–H groups in total. The van der Waals surface area contributed by atoms with Crippen molar-refractivity contribution >= 4 is 5.97 Å². The minimum Gasteiger partial charge on any atom is -0.480 e. The second kappa shape index (κ2) is 11.8. The zero-order valence-electron chi connectivity index (χ0n) is 21.7. The third-order valence-corrected chi connectivity index (χ3v) is 7.94. The fourth-order valence-corrected chi connectivity index (χ4v) is 5.99. The van der Waals surface area contributed by atoms with E-state index in [4.69, 9.17) is 5.10 Å². The first-order valence-electron chi connectivity index (χ1n) is 13.4. The van der Waals surface area contributed by atoms with Gasteiger partial charge >= 0.3 is 5.97 Å². The second-order valence-electron chi connectivity index (χ2n) is 11.0. The number of halogens is 2. The van der Waals surface area contributed by atoms with Gasteiger partial charge < -0.3 is 15.3 Å². The Labute approximate surface area is 213 Å². The number of aryl methyl sites for hydroxylation is 1. The van der Waals surface area contributed by atoms with Crippen molar-refractivity contribution in [3.05, 3.63) is 52.9 Å². The number of hydrogen-bond acceptors (Lipinski definition) is 4. The number of nitrogens with zero attached hydrogens (tertiary/aromatic N) is 3. The van der Waals surface area contributed by atoms with Crippen LogP contribution in [0.3, 0.4) is 0 Å². The minimum atomic E-state index is -0.824. The number of hydrogen-bond donors (Lipinski definition) is 2. The molecule has 1 saturated heterocycles. The molecule has 2 heterocycles. The lowest BCUT2D eigenvalue weighted by atomic mass is 9.92. The number of piperidine rings is 1. The van der Waals surface area contributed by atoms with Crippen molar-refractivity contribution in [1.29, 1.82) is 0 Å². The van der Waals surface area contributed by atoms with E-state index in [1.165, 1.54) is 17.8 Å². The van der Waals surface area contributed by atoms with Crippen LogP contribution in [-0.2, 0) is 17.8 Å². The van der Waals surface area contributed by atoms with Crippen LogP contribution < -0.4 is 5.32 Å². The van der Waals surface area contributed by atoms with Gasteiger partial charge in [0, 0.05) is 37.2 Å². The first-order chi connectivity index (χ1) is 17.2. The molecule has 36 heavy (non-hydrogen) atoms. The molecular weight excluding hydrogens is 462 g/mol. The van der Waals surface area contributed by atoms with E-state index in [2.05, 4.69) is 27.9 Å². The Balaban J connectivity index is 1.28. The summed E-state index contributed by atoms with van der Waals surface area (Å²) in [7, 11) is 0. The normalized spacial score (nSPS) is 22.4. The first-order valence-corrected chi connectivity index (χ1v) is 13.4. The van der Waals surface area contributed by atoms with Gasteiger partial charge in [-0.3, -0.25) is 9.48 Å². The van der Waals surface area contributed by atoms with Crippen LogP contribution in [0.1, 0.15) is 75.7 Å². The molecule has 1 saturated carbocycles. The maximum atomic E-state index is 13.6. The molecule has 0 radical (unpaired) electrons. The topological polar surface area (TPSA) is 70.4 Å². The standard InChI is InChI=1S/C28H40F2N4O2/c1-4-34-26(16-23(32-34)13-19-6-8-24(29)25(30)15-19)21-9-11-33(12-10-21)17-20-5-7-22(14-20)31-27(18(2)3)28(35)36/h6,8,15-16,18,20-22,27,31H,4-5,7,9-14,17H2,1-3H3,(H,35,36)/t20-,22?,27?/m1/s1. The van der Waals surface area contributed by atoms with E-state index in [-0.39, 0.29) is 5.92 Å². The van der Waals surface area contributed by atoms with Crippen molar-refractivity contribution in [2.45, 2.75) is 83.8 Å². The van der Waals surface area contributed by atoms with E-state index >= 15 is 0 Å². The number of rotatable bonds is 10.